The van der Waals surface area contributed by atoms with Crippen LogP contribution in [0.25, 0.3) is 0 Å². The minimum Gasteiger partial charge on any atom is -0.382 e. The van der Waals surface area contributed by atoms with Gasteiger partial charge in [0.05, 0.1) is 10.6 Å². The van der Waals surface area contributed by atoms with Crippen molar-refractivity contribution in [1.82, 2.24) is 15.2 Å². The minimum absolute atomic E-state index is 0.190. The molecule has 4 rings (SSSR count). The van der Waals surface area contributed by atoms with Crippen molar-refractivity contribution in [3.8, 4) is 0 Å². The Hall–Kier alpha value is -2.65. The number of pyridine rings is 1. The monoisotopic (exact) mass is 443 g/mol. The number of aryl methyl sites for hydroxylation is 1. The Bertz CT molecular complexity index is 1030. The number of hydrogen-bond donors (Lipinski definition) is 2. The normalized spacial score (nSPS) is 17.0. The van der Waals surface area contributed by atoms with E-state index in [1.165, 1.54) is 23.4 Å². The number of anilines is 2. The zero-order valence-corrected chi connectivity index (χ0v) is 18.6. The number of aromatic nitrogens is 1. The van der Waals surface area contributed by atoms with E-state index in [1.54, 1.807) is 12.1 Å². The number of sulfone groups is 1. The molecule has 8 nitrogen and oxygen atoms in total. The first kappa shape index (κ1) is 21.6. The summed E-state index contributed by atoms with van der Waals surface area (Å²) in [4.78, 5) is 21.8. The predicted molar refractivity (Wildman–Crippen MR) is 122 cm³/mol. The zero-order valence-electron chi connectivity index (χ0n) is 17.8. The van der Waals surface area contributed by atoms with Crippen LogP contribution in [-0.4, -0.2) is 76.3 Å². The van der Waals surface area contributed by atoms with Gasteiger partial charge in [0.15, 0.2) is 15.7 Å². The molecule has 1 fully saturated rings. The SMILES string of the molecule is CS(=O)(=O)c1ccc(C(=O)NCCN2CCN(c3nccc4c3NCCC4)CC2)cc1. The molecular formula is C22H29N5O3S. The van der Waals surface area contributed by atoms with Crippen molar-refractivity contribution in [2.24, 2.45) is 0 Å². The summed E-state index contributed by atoms with van der Waals surface area (Å²) in [5.74, 6) is 0.868. The molecule has 2 aromatic rings. The molecule has 0 saturated carbocycles. The van der Waals surface area contributed by atoms with Crippen molar-refractivity contribution in [2.45, 2.75) is 17.7 Å². The predicted octanol–water partition coefficient (Wildman–Crippen LogP) is 1.40. The molecular weight excluding hydrogens is 414 g/mol. The number of carbonyl (C=O) groups excluding carboxylic acids is 1. The number of nitrogens with zero attached hydrogens (tertiary/aromatic N) is 3. The first-order valence-corrected chi connectivity index (χ1v) is 12.6. The standard InChI is InChI=1S/C22H29N5O3S/c1-31(29,30)19-6-4-18(5-7-19)22(28)25-11-12-26-13-15-27(16-14-26)21-20-17(8-10-24-21)3-2-9-23-20/h4-8,10,23H,2-3,9,11-16H2,1H3,(H,25,28). The second kappa shape index (κ2) is 9.23. The maximum atomic E-state index is 12.3. The molecule has 0 bridgehead atoms. The summed E-state index contributed by atoms with van der Waals surface area (Å²) in [5.41, 5.74) is 3.01. The maximum absolute atomic E-state index is 12.3. The smallest absolute Gasteiger partial charge is 0.251 e. The Labute approximate surface area is 183 Å². The number of carbonyl (C=O) groups is 1. The molecule has 0 unspecified atom stereocenters. The number of nitrogens with one attached hydrogen (secondary N) is 2. The van der Waals surface area contributed by atoms with E-state index in [4.69, 9.17) is 0 Å². The Morgan fingerprint density at radius 1 is 1.13 bits per heavy atom. The lowest BCUT2D eigenvalue weighted by Gasteiger charge is -2.37. The molecule has 2 N–H and O–H groups in total. The lowest BCUT2D eigenvalue weighted by molar-refractivity contribution is 0.0947. The largest absolute Gasteiger partial charge is 0.382 e. The fourth-order valence-corrected chi connectivity index (χ4v) is 4.72. The molecule has 1 aromatic heterocycles. The molecule has 166 valence electrons. The maximum Gasteiger partial charge on any atom is 0.251 e. The quantitative estimate of drug-likeness (QED) is 0.697. The van der Waals surface area contributed by atoms with Gasteiger partial charge >= 0.3 is 0 Å². The number of benzene rings is 1. The van der Waals surface area contributed by atoms with Crippen molar-refractivity contribution < 1.29 is 13.2 Å². The van der Waals surface area contributed by atoms with Gasteiger partial charge in [0.1, 0.15) is 0 Å². The first-order chi connectivity index (χ1) is 14.9. The molecule has 1 amide bonds. The van der Waals surface area contributed by atoms with Crippen LogP contribution in [0.1, 0.15) is 22.3 Å². The van der Waals surface area contributed by atoms with Crippen molar-refractivity contribution in [3.05, 3.63) is 47.7 Å². The van der Waals surface area contributed by atoms with E-state index < -0.39 is 9.84 Å². The summed E-state index contributed by atoms with van der Waals surface area (Å²) >= 11 is 0. The summed E-state index contributed by atoms with van der Waals surface area (Å²) < 4.78 is 23.1. The van der Waals surface area contributed by atoms with Gasteiger partial charge in [-0.15, -0.1) is 0 Å². The number of fused-ring (bicyclic) bond motifs is 1. The molecule has 1 saturated heterocycles. The average molecular weight is 444 g/mol. The van der Waals surface area contributed by atoms with Gasteiger partial charge in [-0.3, -0.25) is 9.69 Å². The van der Waals surface area contributed by atoms with Crippen LogP contribution in [0.2, 0.25) is 0 Å². The minimum atomic E-state index is -3.26. The van der Waals surface area contributed by atoms with E-state index in [0.29, 0.717) is 12.1 Å². The molecule has 0 radical (unpaired) electrons. The Kier molecular flexibility index (Phi) is 6.43. The van der Waals surface area contributed by atoms with Crippen LogP contribution in [0.5, 0.6) is 0 Å². The van der Waals surface area contributed by atoms with Crippen molar-refractivity contribution >= 4 is 27.2 Å². The summed E-state index contributed by atoms with van der Waals surface area (Å²) in [6.45, 7) is 5.99. The average Bonchev–Trinajstić information content (AvgIpc) is 2.78. The Morgan fingerprint density at radius 3 is 2.58 bits per heavy atom. The molecule has 9 heteroatoms. The van der Waals surface area contributed by atoms with Gasteiger partial charge in [-0.2, -0.15) is 0 Å². The summed E-state index contributed by atoms with van der Waals surface area (Å²) in [7, 11) is -3.26. The lowest BCUT2D eigenvalue weighted by Crippen LogP contribution is -2.49. The van der Waals surface area contributed by atoms with Crippen LogP contribution in [-0.2, 0) is 16.3 Å². The number of piperazine rings is 1. The van der Waals surface area contributed by atoms with E-state index in [0.717, 1.165) is 64.2 Å². The summed E-state index contributed by atoms with van der Waals surface area (Å²) in [6, 6.07) is 8.14. The molecule has 0 spiro atoms. The van der Waals surface area contributed by atoms with Gasteiger partial charge in [-0.1, -0.05) is 0 Å². The number of hydrogen-bond acceptors (Lipinski definition) is 7. The van der Waals surface area contributed by atoms with E-state index in [2.05, 4.69) is 31.5 Å². The van der Waals surface area contributed by atoms with Gasteiger partial charge < -0.3 is 15.5 Å². The summed E-state index contributed by atoms with van der Waals surface area (Å²) in [5, 5.41) is 6.44. The third kappa shape index (κ3) is 5.16. The molecule has 2 aliphatic rings. The van der Waals surface area contributed by atoms with Crippen molar-refractivity contribution in [1.29, 1.82) is 0 Å². The van der Waals surface area contributed by atoms with Crippen LogP contribution in [0.4, 0.5) is 11.5 Å². The van der Waals surface area contributed by atoms with E-state index in [-0.39, 0.29) is 10.8 Å². The van der Waals surface area contributed by atoms with Gasteiger partial charge in [0.2, 0.25) is 0 Å². The van der Waals surface area contributed by atoms with E-state index in [1.807, 2.05) is 6.20 Å². The third-order valence-corrected chi connectivity index (χ3v) is 7.00. The summed E-state index contributed by atoms with van der Waals surface area (Å²) in [6.07, 6.45) is 5.33. The van der Waals surface area contributed by atoms with E-state index >= 15 is 0 Å². The molecule has 0 aliphatic carbocycles. The molecule has 31 heavy (non-hydrogen) atoms. The van der Waals surface area contributed by atoms with Crippen molar-refractivity contribution in [3.63, 3.8) is 0 Å². The van der Waals surface area contributed by atoms with Gasteiger partial charge in [-0.25, -0.2) is 13.4 Å². The second-order valence-electron chi connectivity index (χ2n) is 8.08. The highest BCUT2D eigenvalue weighted by Crippen LogP contribution is 2.31. The lowest BCUT2D eigenvalue weighted by atomic mass is 10.0. The fourth-order valence-electron chi connectivity index (χ4n) is 4.09. The fraction of sp³-hybridized carbons (Fsp3) is 0.455. The highest BCUT2D eigenvalue weighted by Gasteiger charge is 2.22. The van der Waals surface area contributed by atoms with Crippen LogP contribution >= 0.6 is 0 Å². The first-order valence-electron chi connectivity index (χ1n) is 10.7. The van der Waals surface area contributed by atoms with E-state index in [9.17, 15) is 13.2 Å². The second-order valence-corrected chi connectivity index (χ2v) is 10.1. The highest BCUT2D eigenvalue weighted by molar-refractivity contribution is 7.90. The van der Waals surface area contributed by atoms with Crippen LogP contribution < -0.4 is 15.5 Å². The number of amides is 1. The topological polar surface area (TPSA) is 94.6 Å². The van der Waals surface area contributed by atoms with Crippen LogP contribution in [0, 0.1) is 0 Å². The molecule has 1 aromatic carbocycles. The number of rotatable bonds is 6. The van der Waals surface area contributed by atoms with Gasteiger partial charge in [0, 0.05) is 63.8 Å². The zero-order chi connectivity index (χ0) is 21.8. The van der Waals surface area contributed by atoms with Gasteiger partial charge in [-0.05, 0) is 48.7 Å². The van der Waals surface area contributed by atoms with Crippen molar-refractivity contribution in [2.75, 3.05) is 62.3 Å². The van der Waals surface area contributed by atoms with Crippen LogP contribution in [0.3, 0.4) is 0 Å². The highest BCUT2D eigenvalue weighted by atomic mass is 32.2. The molecule has 0 atom stereocenters. The van der Waals surface area contributed by atoms with Crippen LogP contribution in [0.15, 0.2) is 41.4 Å². The molecule has 3 heterocycles. The Balaban J connectivity index is 1.24. The third-order valence-electron chi connectivity index (χ3n) is 5.87. The Morgan fingerprint density at radius 2 is 1.87 bits per heavy atom. The molecule has 2 aliphatic heterocycles. The van der Waals surface area contributed by atoms with Gasteiger partial charge in [0.25, 0.3) is 5.91 Å².